The van der Waals surface area contributed by atoms with Crippen LogP contribution in [0.1, 0.15) is 36.8 Å². The lowest BCUT2D eigenvalue weighted by molar-refractivity contribution is 0.250. The van der Waals surface area contributed by atoms with E-state index in [9.17, 15) is 0 Å². The topological polar surface area (TPSA) is 67.8 Å². The summed E-state index contributed by atoms with van der Waals surface area (Å²) in [6.45, 7) is 2.76. The Bertz CT molecular complexity index is 437. The van der Waals surface area contributed by atoms with Crippen molar-refractivity contribution in [1.82, 2.24) is 0 Å². The van der Waals surface area contributed by atoms with Gasteiger partial charge < -0.3 is 15.7 Å². The van der Waals surface area contributed by atoms with Crippen molar-refractivity contribution in [3.63, 3.8) is 0 Å². The average Bonchev–Trinajstić information content (AvgIpc) is 2.90. The molecule has 0 radical (unpaired) electrons. The minimum Gasteiger partial charge on any atom is -0.493 e. The van der Waals surface area contributed by atoms with Gasteiger partial charge in [0, 0.05) is 5.56 Å². The maximum atomic E-state index is 8.67. The quantitative estimate of drug-likeness (QED) is 0.372. The van der Waals surface area contributed by atoms with Gasteiger partial charge in [-0.1, -0.05) is 30.1 Å². The third kappa shape index (κ3) is 2.94. The first-order valence-corrected chi connectivity index (χ1v) is 6.42. The zero-order valence-electron chi connectivity index (χ0n) is 10.7. The molecule has 0 amide bonds. The van der Waals surface area contributed by atoms with Crippen molar-refractivity contribution in [3.8, 4) is 5.75 Å². The molecule has 1 aromatic rings. The van der Waals surface area contributed by atoms with Gasteiger partial charge in [-0.05, 0) is 37.3 Å². The standard InChI is InChI=1S/C14H20N2O2/c1-10-6-7-12(14(15)16-17)8-13(10)18-9-11-4-2-3-5-11/h6-8,11,17H,2-5,9H2,1H3,(H2,15,16). The average molecular weight is 248 g/mol. The molecule has 1 aromatic carbocycles. The Balaban J connectivity index is 2.06. The largest absolute Gasteiger partial charge is 0.493 e. The molecular formula is C14H20N2O2. The molecule has 1 aliphatic carbocycles. The molecule has 3 N–H and O–H groups in total. The van der Waals surface area contributed by atoms with Crippen molar-refractivity contribution in [1.29, 1.82) is 0 Å². The molecule has 4 heteroatoms. The zero-order chi connectivity index (χ0) is 13.0. The van der Waals surface area contributed by atoms with E-state index in [4.69, 9.17) is 15.7 Å². The summed E-state index contributed by atoms with van der Waals surface area (Å²) in [6, 6.07) is 5.59. The number of benzene rings is 1. The van der Waals surface area contributed by atoms with Crippen LogP contribution in [0.3, 0.4) is 0 Å². The number of ether oxygens (including phenoxy) is 1. The normalized spacial score (nSPS) is 17.1. The molecular weight excluding hydrogens is 228 g/mol. The van der Waals surface area contributed by atoms with Crippen LogP contribution in [-0.2, 0) is 0 Å². The van der Waals surface area contributed by atoms with Gasteiger partial charge in [0.15, 0.2) is 5.84 Å². The number of amidine groups is 1. The van der Waals surface area contributed by atoms with Crippen LogP contribution in [0, 0.1) is 12.8 Å². The second kappa shape index (κ2) is 5.76. The van der Waals surface area contributed by atoms with Gasteiger partial charge in [0.05, 0.1) is 6.61 Å². The monoisotopic (exact) mass is 248 g/mol. The summed E-state index contributed by atoms with van der Waals surface area (Å²) >= 11 is 0. The number of hydrogen-bond donors (Lipinski definition) is 2. The lowest BCUT2D eigenvalue weighted by Gasteiger charge is -2.14. The summed E-state index contributed by atoms with van der Waals surface area (Å²) in [6.07, 6.45) is 5.16. The molecule has 1 saturated carbocycles. The smallest absolute Gasteiger partial charge is 0.170 e. The Labute approximate surface area is 107 Å². The van der Waals surface area contributed by atoms with Crippen molar-refractivity contribution in [2.45, 2.75) is 32.6 Å². The summed E-state index contributed by atoms with van der Waals surface area (Å²) in [5, 5.41) is 11.7. The first-order valence-electron chi connectivity index (χ1n) is 6.42. The molecule has 4 nitrogen and oxygen atoms in total. The summed E-state index contributed by atoms with van der Waals surface area (Å²) in [4.78, 5) is 0. The molecule has 1 fully saturated rings. The first kappa shape index (κ1) is 12.7. The summed E-state index contributed by atoms with van der Waals surface area (Å²) < 4.78 is 5.86. The van der Waals surface area contributed by atoms with Crippen molar-refractivity contribution in [2.75, 3.05) is 6.61 Å². The molecule has 18 heavy (non-hydrogen) atoms. The van der Waals surface area contributed by atoms with Gasteiger partial charge in [-0.25, -0.2) is 0 Å². The Hall–Kier alpha value is -1.71. The fraction of sp³-hybridized carbons (Fsp3) is 0.500. The number of aryl methyl sites for hydroxylation is 1. The van der Waals surface area contributed by atoms with Crippen LogP contribution in [0.4, 0.5) is 0 Å². The van der Waals surface area contributed by atoms with Crippen LogP contribution in [0.2, 0.25) is 0 Å². The van der Waals surface area contributed by atoms with Crippen molar-refractivity contribution in [2.24, 2.45) is 16.8 Å². The Morgan fingerprint density at radius 2 is 2.17 bits per heavy atom. The minimum atomic E-state index is 0.112. The van der Waals surface area contributed by atoms with Crippen LogP contribution in [0.15, 0.2) is 23.4 Å². The first-order chi connectivity index (χ1) is 8.70. The van der Waals surface area contributed by atoms with E-state index in [1.54, 1.807) is 0 Å². The van der Waals surface area contributed by atoms with Crippen molar-refractivity contribution < 1.29 is 9.94 Å². The van der Waals surface area contributed by atoms with Gasteiger partial charge in [-0.2, -0.15) is 0 Å². The highest BCUT2D eigenvalue weighted by Crippen LogP contribution is 2.27. The van der Waals surface area contributed by atoms with Crippen LogP contribution in [0.25, 0.3) is 0 Å². The van der Waals surface area contributed by atoms with Crippen LogP contribution < -0.4 is 10.5 Å². The Morgan fingerprint density at radius 1 is 1.44 bits per heavy atom. The highest BCUT2D eigenvalue weighted by Gasteiger charge is 2.16. The Morgan fingerprint density at radius 3 is 2.83 bits per heavy atom. The van der Waals surface area contributed by atoms with E-state index in [1.807, 2.05) is 25.1 Å². The maximum Gasteiger partial charge on any atom is 0.170 e. The number of nitrogens with two attached hydrogens (primary N) is 1. The molecule has 98 valence electrons. The predicted molar refractivity (Wildman–Crippen MR) is 71.1 cm³/mol. The lowest BCUT2D eigenvalue weighted by Crippen LogP contribution is -2.14. The minimum absolute atomic E-state index is 0.112. The van der Waals surface area contributed by atoms with Gasteiger partial charge in [-0.3, -0.25) is 0 Å². The molecule has 0 aliphatic heterocycles. The second-order valence-electron chi connectivity index (χ2n) is 4.93. The number of nitrogens with zero attached hydrogens (tertiary/aromatic N) is 1. The fourth-order valence-corrected chi connectivity index (χ4v) is 2.36. The van der Waals surface area contributed by atoms with Crippen molar-refractivity contribution in [3.05, 3.63) is 29.3 Å². The third-order valence-corrected chi connectivity index (χ3v) is 3.54. The maximum absolute atomic E-state index is 8.67. The summed E-state index contributed by atoms with van der Waals surface area (Å²) in [5.41, 5.74) is 7.33. The molecule has 0 atom stereocenters. The van der Waals surface area contributed by atoms with Crippen LogP contribution >= 0.6 is 0 Å². The SMILES string of the molecule is Cc1ccc(/C(N)=N/O)cc1OCC1CCCC1. The molecule has 0 unspecified atom stereocenters. The lowest BCUT2D eigenvalue weighted by atomic mass is 10.1. The summed E-state index contributed by atoms with van der Waals surface area (Å²) in [7, 11) is 0. The number of oxime groups is 1. The van der Waals surface area contributed by atoms with E-state index in [2.05, 4.69) is 5.16 Å². The number of hydrogen-bond acceptors (Lipinski definition) is 3. The van der Waals surface area contributed by atoms with E-state index in [0.29, 0.717) is 11.5 Å². The van der Waals surface area contributed by atoms with E-state index >= 15 is 0 Å². The molecule has 2 rings (SSSR count). The summed E-state index contributed by atoms with van der Waals surface area (Å²) in [5.74, 6) is 1.61. The van der Waals surface area contributed by atoms with E-state index < -0.39 is 0 Å². The Kier molecular flexibility index (Phi) is 4.07. The van der Waals surface area contributed by atoms with Crippen LogP contribution in [0.5, 0.6) is 5.75 Å². The zero-order valence-corrected chi connectivity index (χ0v) is 10.7. The van der Waals surface area contributed by atoms with E-state index in [-0.39, 0.29) is 5.84 Å². The van der Waals surface area contributed by atoms with Gasteiger partial charge in [0.2, 0.25) is 0 Å². The molecule has 0 aromatic heterocycles. The third-order valence-electron chi connectivity index (χ3n) is 3.54. The molecule has 0 bridgehead atoms. The molecule has 0 saturated heterocycles. The predicted octanol–water partition coefficient (Wildman–Crippen LogP) is 2.66. The van der Waals surface area contributed by atoms with E-state index in [0.717, 1.165) is 17.9 Å². The van der Waals surface area contributed by atoms with Gasteiger partial charge in [-0.15, -0.1) is 0 Å². The van der Waals surface area contributed by atoms with Gasteiger partial charge in [0.25, 0.3) is 0 Å². The second-order valence-corrected chi connectivity index (χ2v) is 4.93. The number of rotatable bonds is 4. The van der Waals surface area contributed by atoms with Crippen LogP contribution in [-0.4, -0.2) is 17.6 Å². The van der Waals surface area contributed by atoms with E-state index in [1.165, 1.54) is 25.7 Å². The van der Waals surface area contributed by atoms with Crippen molar-refractivity contribution >= 4 is 5.84 Å². The van der Waals surface area contributed by atoms with Gasteiger partial charge in [0.1, 0.15) is 5.75 Å². The molecule has 0 spiro atoms. The highest BCUT2D eigenvalue weighted by atomic mass is 16.5. The fourth-order valence-electron chi connectivity index (χ4n) is 2.36. The van der Waals surface area contributed by atoms with Gasteiger partial charge >= 0.3 is 0 Å². The highest BCUT2D eigenvalue weighted by molar-refractivity contribution is 5.97. The molecule has 0 heterocycles. The molecule has 1 aliphatic rings.